The lowest BCUT2D eigenvalue weighted by Gasteiger charge is -2.19. The Hall–Kier alpha value is -3.54. The Balaban J connectivity index is 1.67. The lowest BCUT2D eigenvalue weighted by atomic mass is 10.0. The molecule has 11 heteroatoms. The molecule has 0 radical (unpaired) electrons. The maximum absolute atomic E-state index is 13.1. The number of rotatable bonds is 10. The molecule has 0 saturated heterocycles. The summed E-state index contributed by atoms with van der Waals surface area (Å²) in [6.45, 7) is 3.30. The summed E-state index contributed by atoms with van der Waals surface area (Å²) in [5.74, 6) is 0.0413. The Morgan fingerprint density at radius 1 is 1.17 bits per heavy atom. The number of carbonyl (C=O) groups is 2. The molecule has 2 aromatic heterocycles. The number of Topliss-reactive ketones (excluding diaryl/α,β-unsaturated/α-hetero) is 1. The van der Waals surface area contributed by atoms with E-state index in [1.54, 1.807) is 12.1 Å². The van der Waals surface area contributed by atoms with Crippen LogP contribution in [0.3, 0.4) is 0 Å². The fourth-order valence-electron chi connectivity index (χ4n) is 3.76. The highest BCUT2D eigenvalue weighted by Gasteiger charge is 2.23. The van der Waals surface area contributed by atoms with Crippen LogP contribution in [0, 0.1) is 6.92 Å². The standard InChI is InChI=1S/C24H25N5O4S2/c1-14(30)12-25-24(31)22-18-5-3-4-6-19(18)27-23(22)28-20(21-13-34-15(2)26-21)11-16-7-9-17(10-8-16)29-35(32)33/h3-10,13,20,27-29H,11-12H2,1-2H3,(H,25,31)(H,32,33)/p-1/t20-/m0/s1. The van der Waals surface area contributed by atoms with Crippen molar-refractivity contribution in [1.29, 1.82) is 0 Å². The minimum atomic E-state index is -2.39. The lowest BCUT2D eigenvalue weighted by molar-refractivity contribution is -0.116. The molecule has 0 aliphatic heterocycles. The minimum Gasteiger partial charge on any atom is -0.755 e. The van der Waals surface area contributed by atoms with Crippen molar-refractivity contribution < 1.29 is 18.4 Å². The van der Waals surface area contributed by atoms with E-state index in [1.165, 1.54) is 18.3 Å². The number of benzene rings is 2. The first-order valence-corrected chi connectivity index (χ1v) is 12.8. The molecule has 0 aliphatic carbocycles. The van der Waals surface area contributed by atoms with Crippen molar-refractivity contribution in [3.05, 3.63) is 75.7 Å². The highest BCUT2D eigenvalue weighted by atomic mass is 32.2. The highest BCUT2D eigenvalue weighted by molar-refractivity contribution is 7.80. The number of aromatic amines is 1. The summed E-state index contributed by atoms with van der Waals surface area (Å²) in [4.78, 5) is 32.4. The van der Waals surface area contributed by atoms with E-state index in [2.05, 4.69) is 25.3 Å². The van der Waals surface area contributed by atoms with Crippen LogP contribution < -0.4 is 15.4 Å². The molecule has 4 rings (SSSR count). The van der Waals surface area contributed by atoms with E-state index < -0.39 is 11.3 Å². The van der Waals surface area contributed by atoms with E-state index in [0.717, 1.165) is 27.2 Å². The molecule has 2 heterocycles. The quantitative estimate of drug-likeness (QED) is 0.239. The Morgan fingerprint density at radius 2 is 1.91 bits per heavy atom. The van der Waals surface area contributed by atoms with Gasteiger partial charge in [-0.1, -0.05) is 30.3 Å². The molecule has 1 amide bonds. The number of aryl methyl sites for hydroxylation is 1. The van der Waals surface area contributed by atoms with Gasteiger partial charge >= 0.3 is 0 Å². The van der Waals surface area contributed by atoms with Gasteiger partial charge in [-0.05, 0) is 44.0 Å². The summed E-state index contributed by atoms with van der Waals surface area (Å²) >= 11 is -0.858. The molecule has 35 heavy (non-hydrogen) atoms. The molecule has 4 N–H and O–H groups in total. The van der Waals surface area contributed by atoms with Crippen LogP contribution in [0.1, 0.15) is 39.6 Å². The van der Waals surface area contributed by atoms with Gasteiger partial charge in [-0.2, -0.15) is 0 Å². The molecule has 182 valence electrons. The van der Waals surface area contributed by atoms with Gasteiger partial charge in [-0.25, -0.2) is 4.98 Å². The zero-order chi connectivity index (χ0) is 24.9. The number of anilines is 2. The summed E-state index contributed by atoms with van der Waals surface area (Å²) in [6, 6.07) is 14.3. The van der Waals surface area contributed by atoms with E-state index in [1.807, 2.05) is 48.7 Å². The fourth-order valence-corrected chi connectivity index (χ4v) is 4.76. The van der Waals surface area contributed by atoms with Crippen molar-refractivity contribution in [2.75, 3.05) is 16.6 Å². The molecule has 0 bridgehead atoms. The summed E-state index contributed by atoms with van der Waals surface area (Å²) in [5.41, 5.74) is 3.46. The topological polar surface area (TPSA) is 139 Å². The highest BCUT2D eigenvalue weighted by Crippen LogP contribution is 2.31. The summed E-state index contributed by atoms with van der Waals surface area (Å²) < 4.78 is 24.1. The van der Waals surface area contributed by atoms with E-state index in [4.69, 9.17) is 0 Å². The fraction of sp³-hybridized carbons (Fsp3) is 0.208. The van der Waals surface area contributed by atoms with Crippen molar-refractivity contribution in [2.24, 2.45) is 0 Å². The molecule has 1 unspecified atom stereocenters. The molecule has 0 aliphatic rings. The number of thiazole rings is 1. The number of nitrogens with zero attached hydrogens (tertiary/aromatic N) is 1. The van der Waals surface area contributed by atoms with Crippen LogP contribution in [0.25, 0.3) is 10.9 Å². The van der Waals surface area contributed by atoms with E-state index in [0.29, 0.717) is 23.5 Å². The number of para-hydroxylation sites is 1. The van der Waals surface area contributed by atoms with Gasteiger partial charge in [-0.15, -0.1) is 11.3 Å². The SMILES string of the molecule is CC(=O)CNC(=O)c1c(N[C@@H](Cc2ccc(NS(=O)[O-])cc2)c2csc(C)n2)[nH]c2ccccc12. The summed E-state index contributed by atoms with van der Waals surface area (Å²) in [7, 11) is 0. The zero-order valence-electron chi connectivity index (χ0n) is 19.1. The van der Waals surface area contributed by atoms with Gasteiger partial charge in [0.2, 0.25) is 0 Å². The van der Waals surface area contributed by atoms with Crippen molar-refractivity contribution in [3.8, 4) is 0 Å². The monoisotopic (exact) mass is 510 g/mol. The third kappa shape index (κ3) is 6.13. The van der Waals surface area contributed by atoms with Crippen LogP contribution in [0.5, 0.6) is 0 Å². The van der Waals surface area contributed by atoms with Gasteiger partial charge in [0.05, 0.1) is 28.9 Å². The molecule has 2 atom stereocenters. The first-order chi connectivity index (χ1) is 16.8. The van der Waals surface area contributed by atoms with Crippen molar-refractivity contribution in [2.45, 2.75) is 26.3 Å². The van der Waals surface area contributed by atoms with Gasteiger partial charge in [0.15, 0.2) is 0 Å². The van der Waals surface area contributed by atoms with Gasteiger partial charge < -0.3 is 24.9 Å². The normalized spacial score (nSPS) is 12.8. The number of carbonyl (C=O) groups excluding carboxylic acids is 2. The maximum Gasteiger partial charge on any atom is 0.256 e. The Morgan fingerprint density at radius 3 is 2.57 bits per heavy atom. The first-order valence-electron chi connectivity index (χ1n) is 10.8. The third-order valence-electron chi connectivity index (χ3n) is 5.34. The molecule has 2 aromatic carbocycles. The van der Waals surface area contributed by atoms with E-state index >= 15 is 0 Å². The van der Waals surface area contributed by atoms with Crippen LogP contribution in [-0.2, 0) is 22.5 Å². The van der Waals surface area contributed by atoms with Crippen LogP contribution in [0.15, 0.2) is 53.9 Å². The van der Waals surface area contributed by atoms with Gasteiger partial charge in [0, 0.05) is 33.2 Å². The average molecular weight is 511 g/mol. The number of aromatic nitrogens is 2. The van der Waals surface area contributed by atoms with Crippen molar-refractivity contribution >= 4 is 56.7 Å². The van der Waals surface area contributed by atoms with Crippen molar-refractivity contribution in [3.63, 3.8) is 0 Å². The number of fused-ring (bicyclic) bond motifs is 1. The number of nitrogens with one attached hydrogen (secondary N) is 4. The lowest BCUT2D eigenvalue weighted by Crippen LogP contribution is -2.29. The van der Waals surface area contributed by atoms with Crippen LogP contribution >= 0.6 is 11.3 Å². The number of H-pyrrole nitrogens is 1. The molecule has 4 aromatic rings. The third-order valence-corrected chi connectivity index (χ3v) is 6.53. The van der Waals surface area contributed by atoms with Gasteiger partial charge in [0.1, 0.15) is 11.6 Å². The molecule has 0 fully saturated rings. The molecule has 9 nitrogen and oxygen atoms in total. The summed E-state index contributed by atoms with van der Waals surface area (Å²) in [5, 5.41) is 9.78. The Labute approximate surface area is 208 Å². The molecular weight excluding hydrogens is 486 g/mol. The largest absolute Gasteiger partial charge is 0.755 e. The number of hydrogen-bond donors (Lipinski definition) is 4. The molecular formula is C24H24N5O4S2-. The number of hydrogen-bond acceptors (Lipinski definition) is 7. The van der Waals surface area contributed by atoms with Crippen LogP contribution in [-0.4, -0.2) is 37.0 Å². The Kier molecular flexibility index (Phi) is 7.59. The molecule has 0 spiro atoms. The minimum absolute atomic E-state index is 0.0545. The number of ketones is 1. The Bertz CT molecular complexity index is 1380. The van der Waals surface area contributed by atoms with Crippen LogP contribution in [0.4, 0.5) is 11.5 Å². The number of amides is 1. The first kappa shape index (κ1) is 24.6. The maximum atomic E-state index is 13.1. The second-order valence-electron chi connectivity index (χ2n) is 8.03. The van der Waals surface area contributed by atoms with E-state index in [-0.39, 0.29) is 24.3 Å². The zero-order valence-corrected chi connectivity index (χ0v) is 20.7. The van der Waals surface area contributed by atoms with Gasteiger partial charge in [0.25, 0.3) is 5.91 Å². The predicted octanol–water partition coefficient (Wildman–Crippen LogP) is 3.85. The van der Waals surface area contributed by atoms with E-state index in [9.17, 15) is 18.4 Å². The predicted molar refractivity (Wildman–Crippen MR) is 137 cm³/mol. The average Bonchev–Trinajstić information content (AvgIpc) is 3.41. The second kappa shape index (κ2) is 10.8. The summed E-state index contributed by atoms with van der Waals surface area (Å²) in [6.07, 6.45) is 0.536. The smallest absolute Gasteiger partial charge is 0.256 e. The molecule has 0 saturated carbocycles. The van der Waals surface area contributed by atoms with Crippen molar-refractivity contribution in [1.82, 2.24) is 15.3 Å². The van der Waals surface area contributed by atoms with Crippen LogP contribution in [0.2, 0.25) is 0 Å². The second-order valence-corrected chi connectivity index (χ2v) is 9.77. The van der Waals surface area contributed by atoms with Gasteiger partial charge in [-0.3, -0.25) is 13.8 Å².